The van der Waals surface area contributed by atoms with Gasteiger partial charge in [0.1, 0.15) is 0 Å². The molecule has 0 bridgehead atoms. The Labute approximate surface area is 115 Å². The number of halogens is 3. The molecule has 0 saturated heterocycles. The van der Waals surface area contributed by atoms with Crippen LogP contribution in [-0.4, -0.2) is 9.55 Å². The maximum absolute atomic E-state index is 12.5. The second-order valence-corrected chi connectivity index (χ2v) is 4.60. The zero-order valence-electron chi connectivity index (χ0n) is 11.3. The smallest absolute Gasteiger partial charge is 0.326 e. The van der Waals surface area contributed by atoms with Gasteiger partial charge < -0.3 is 9.88 Å². The Kier molecular flexibility index (Phi) is 4.01. The van der Waals surface area contributed by atoms with Gasteiger partial charge in [0.2, 0.25) is 5.95 Å². The van der Waals surface area contributed by atoms with Crippen molar-refractivity contribution in [2.75, 3.05) is 5.32 Å². The van der Waals surface area contributed by atoms with Gasteiger partial charge in [-0.25, -0.2) is 4.98 Å². The molecule has 0 aliphatic heterocycles. The van der Waals surface area contributed by atoms with Gasteiger partial charge >= 0.3 is 6.18 Å². The zero-order chi connectivity index (χ0) is 14.8. The van der Waals surface area contributed by atoms with E-state index in [1.165, 1.54) is 12.1 Å². The normalized spacial score (nSPS) is 11.7. The first-order chi connectivity index (χ1) is 9.40. The molecule has 0 aliphatic rings. The van der Waals surface area contributed by atoms with Crippen molar-refractivity contribution in [1.29, 1.82) is 0 Å². The number of hydrogen-bond donors (Lipinski definition) is 1. The number of aromatic nitrogens is 2. The van der Waals surface area contributed by atoms with Gasteiger partial charge in [-0.3, -0.25) is 0 Å². The van der Waals surface area contributed by atoms with Crippen molar-refractivity contribution in [3.63, 3.8) is 0 Å². The van der Waals surface area contributed by atoms with Gasteiger partial charge in [0.05, 0.1) is 11.3 Å². The van der Waals surface area contributed by atoms with Crippen molar-refractivity contribution >= 4 is 11.6 Å². The molecule has 0 atom stereocenters. The van der Waals surface area contributed by atoms with Crippen LogP contribution in [0.1, 0.15) is 24.6 Å². The lowest BCUT2D eigenvalue weighted by Crippen LogP contribution is -2.05. The molecule has 0 saturated carbocycles. The lowest BCUT2D eigenvalue weighted by Gasteiger charge is -2.10. The van der Waals surface area contributed by atoms with Gasteiger partial charge in [-0.05, 0) is 37.6 Å². The summed E-state index contributed by atoms with van der Waals surface area (Å²) >= 11 is 0. The quantitative estimate of drug-likeness (QED) is 0.903. The number of hydrogen-bond acceptors (Lipinski definition) is 2. The van der Waals surface area contributed by atoms with Crippen LogP contribution >= 0.6 is 0 Å². The first kappa shape index (κ1) is 14.4. The zero-order valence-corrected chi connectivity index (χ0v) is 11.3. The minimum absolute atomic E-state index is 0.584. The Morgan fingerprint density at radius 3 is 2.40 bits per heavy atom. The van der Waals surface area contributed by atoms with E-state index in [1.807, 2.05) is 17.7 Å². The lowest BCUT2D eigenvalue weighted by molar-refractivity contribution is -0.137. The summed E-state index contributed by atoms with van der Waals surface area (Å²) in [5.74, 6) is 0.643. The van der Waals surface area contributed by atoms with Crippen LogP contribution in [0, 0.1) is 6.92 Å². The van der Waals surface area contributed by atoms with E-state index >= 15 is 0 Å². The molecule has 1 N–H and O–H groups in total. The Morgan fingerprint density at radius 1 is 1.20 bits per heavy atom. The molecule has 3 nitrogen and oxygen atoms in total. The molecule has 20 heavy (non-hydrogen) atoms. The van der Waals surface area contributed by atoms with Crippen LogP contribution in [0.25, 0.3) is 0 Å². The van der Waals surface area contributed by atoms with Gasteiger partial charge in [-0.1, -0.05) is 6.92 Å². The third-order valence-electron chi connectivity index (χ3n) is 2.83. The van der Waals surface area contributed by atoms with E-state index in [1.54, 1.807) is 0 Å². The summed E-state index contributed by atoms with van der Waals surface area (Å²) in [5, 5.41) is 3.04. The summed E-state index contributed by atoms with van der Waals surface area (Å²) in [5.41, 5.74) is 0.796. The highest BCUT2D eigenvalue weighted by Crippen LogP contribution is 2.30. The third-order valence-corrected chi connectivity index (χ3v) is 2.83. The van der Waals surface area contributed by atoms with E-state index in [9.17, 15) is 13.2 Å². The number of benzene rings is 1. The molecule has 2 rings (SSSR count). The molecule has 2 aromatic rings. The SMILES string of the molecule is CCCn1cc(C)nc1Nc1ccc(C(F)(F)F)cc1. The number of aryl methyl sites for hydroxylation is 2. The van der Waals surface area contributed by atoms with Crippen LogP contribution in [0.2, 0.25) is 0 Å². The van der Waals surface area contributed by atoms with Gasteiger partial charge in [0.25, 0.3) is 0 Å². The number of imidazole rings is 1. The largest absolute Gasteiger partial charge is 0.416 e. The topological polar surface area (TPSA) is 29.9 Å². The van der Waals surface area contributed by atoms with Crippen LogP contribution in [0.15, 0.2) is 30.5 Å². The van der Waals surface area contributed by atoms with Crippen LogP contribution < -0.4 is 5.32 Å². The first-order valence-electron chi connectivity index (χ1n) is 6.38. The maximum atomic E-state index is 12.5. The molecule has 1 heterocycles. The highest BCUT2D eigenvalue weighted by atomic mass is 19.4. The van der Waals surface area contributed by atoms with E-state index in [-0.39, 0.29) is 0 Å². The molecular formula is C14H16F3N3. The fourth-order valence-corrected chi connectivity index (χ4v) is 1.93. The first-order valence-corrected chi connectivity index (χ1v) is 6.38. The van der Waals surface area contributed by atoms with E-state index in [0.29, 0.717) is 11.6 Å². The Balaban J connectivity index is 2.18. The van der Waals surface area contributed by atoms with Gasteiger partial charge in [-0.15, -0.1) is 0 Å². The van der Waals surface area contributed by atoms with E-state index in [4.69, 9.17) is 0 Å². The predicted octanol–water partition coefficient (Wildman–Crippen LogP) is 4.36. The monoisotopic (exact) mass is 283 g/mol. The molecule has 108 valence electrons. The minimum Gasteiger partial charge on any atom is -0.326 e. The summed E-state index contributed by atoms with van der Waals surface area (Å²) in [6.45, 7) is 4.74. The summed E-state index contributed by atoms with van der Waals surface area (Å²) < 4.78 is 39.4. The van der Waals surface area contributed by atoms with Crippen molar-refractivity contribution in [3.8, 4) is 0 Å². The van der Waals surface area contributed by atoms with Gasteiger partial charge in [-0.2, -0.15) is 13.2 Å². The maximum Gasteiger partial charge on any atom is 0.416 e. The number of alkyl halides is 3. The molecule has 0 unspecified atom stereocenters. The second-order valence-electron chi connectivity index (χ2n) is 4.60. The van der Waals surface area contributed by atoms with E-state index in [2.05, 4.69) is 17.2 Å². The van der Waals surface area contributed by atoms with Crippen LogP contribution in [-0.2, 0) is 12.7 Å². The summed E-state index contributed by atoms with van der Waals surface area (Å²) in [6, 6.07) is 4.93. The number of nitrogens with zero attached hydrogens (tertiary/aromatic N) is 2. The number of nitrogens with one attached hydrogen (secondary N) is 1. The molecule has 0 radical (unpaired) electrons. The molecule has 6 heteroatoms. The molecule has 0 spiro atoms. The van der Waals surface area contributed by atoms with Crippen molar-refractivity contribution in [2.24, 2.45) is 0 Å². The Morgan fingerprint density at radius 2 is 1.85 bits per heavy atom. The second kappa shape index (κ2) is 5.56. The fourth-order valence-electron chi connectivity index (χ4n) is 1.93. The van der Waals surface area contributed by atoms with Gasteiger partial charge in [0.15, 0.2) is 0 Å². The summed E-state index contributed by atoms with van der Waals surface area (Å²) in [7, 11) is 0. The molecule has 1 aromatic heterocycles. The van der Waals surface area contributed by atoms with Crippen molar-refractivity contribution in [2.45, 2.75) is 33.0 Å². The molecular weight excluding hydrogens is 267 g/mol. The average molecular weight is 283 g/mol. The van der Waals surface area contributed by atoms with E-state index < -0.39 is 11.7 Å². The van der Waals surface area contributed by atoms with E-state index in [0.717, 1.165) is 30.8 Å². The van der Waals surface area contributed by atoms with Crippen molar-refractivity contribution in [1.82, 2.24) is 9.55 Å². The Bertz CT molecular complexity index is 570. The van der Waals surface area contributed by atoms with Crippen LogP contribution in [0.5, 0.6) is 0 Å². The lowest BCUT2D eigenvalue weighted by atomic mass is 10.2. The average Bonchev–Trinajstić information content (AvgIpc) is 2.69. The fraction of sp³-hybridized carbons (Fsp3) is 0.357. The molecule has 0 fully saturated rings. The third kappa shape index (κ3) is 3.31. The predicted molar refractivity (Wildman–Crippen MR) is 72.0 cm³/mol. The van der Waals surface area contributed by atoms with Crippen LogP contribution in [0.4, 0.5) is 24.8 Å². The molecule has 0 aliphatic carbocycles. The summed E-state index contributed by atoms with van der Waals surface area (Å²) in [6.07, 6.45) is -1.44. The number of anilines is 2. The standard InChI is InChI=1S/C14H16F3N3/c1-3-8-20-9-10(2)18-13(20)19-12-6-4-11(5-7-12)14(15,16)17/h4-7,9H,3,8H2,1-2H3,(H,18,19). The van der Waals surface area contributed by atoms with Crippen LogP contribution in [0.3, 0.4) is 0 Å². The highest BCUT2D eigenvalue weighted by molar-refractivity contribution is 5.54. The minimum atomic E-state index is -4.31. The van der Waals surface area contributed by atoms with Gasteiger partial charge in [0, 0.05) is 18.4 Å². The summed E-state index contributed by atoms with van der Waals surface area (Å²) in [4.78, 5) is 4.33. The number of rotatable bonds is 4. The van der Waals surface area contributed by atoms with Crippen molar-refractivity contribution < 1.29 is 13.2 Å². The molecule has 1 aromatic carbocycles. The Hall–Kier alpha value is -1.98. The highest BCUT2D eigenvalue weighted by Gasteiger charge is 2.29. The van der Waals surface area contributed by atoms with Crippen molar-refractivity contribution in [3.05, 3.63) is 41.7 Å². The molecule has 0 amide bonds.